The molecule has 2 nitrogen and oxygen atoms in total. The number of hydrogen-bond donors (Lipinski definition) is 0. The van der Waals surface area contributed by atoms with Gasteiger partial charge >= 0.3 is 0 Å². The van der Waals surface area contributed by atoms with Gasteiger partial charge in [-0.05, 0) is 37.5 Å². The van der Waals surface area contributed by atoms with Crippen molar-refractivity contribution >= 4 is 17.6 Å². The lowest BCUT2D eigenvalue weighted by atomic mass is 10.0. The van der Waals surface area contributed by atoms with Crippen molar-refractivity contribution in [1.82, 2.24) is 0 Å². The van der Waals surface area contributed by atoms with E-state index >= 15 is 0 Å². The molecule has 0 fully saturated rings. The zero-order valence-electron chi connectivity index (χ0n) is 18.2. The Morgan fingerprint density at radius 1 is 0.767 bits per heavy atom. The highest BCUT2D eigenvalue weighted by Gasteiger charge is 2.06. The summed E-state index contributed by atoms with van der Waals surface area (Å²) < 4.78 is 0. The van der Waals surface area contributed by atoms with E-state index in [0.717, 1.165) is 12.0 Å². The number of carbonyl (C=O) groups is 2. The minimum Gasteiger partial charge on any atom is -0.299 e. The van der Waals surface area contributed by atoms with Crippen molar-refractivity contribution in [3.8, 4) is 0 Å². The zero-order valence-corrected chi connectivity index (χ0v) is 18.2. The average molecular weight is 411 g/mol. The highest BCUT2D eigenvalue weighted by atomic mass is 16.1. The number of carbonyl (C=O) groups excluding carboxylic acids is 2. The monoisotopic (exact) mass is 410 g/mol. The van der Waals surface area contributed by atoms with Crippen molar-refractivity contribution in [2.24, 2.45) is 11.8 Å². The molecule has 2 aromatic carbocycles. The topological polar surface area (TPSA) is 34.1 Å². The molecule has 0 unspecified atom stereocenters. The second-order valence-corrected chi connectivity index (χ2v) is 7.91. The Morgan fingerprint density at radius 3 is 1.67 bits per heavy atom. The van der Waals surface area contributed by atoms with Gasteiger partial charge in [-0.2, -0.15) is 0 Å². The van der Waals surface area contributed by atoms with E-state index in [0.29, 0.717) is 12.2 Å². The fourth-order valence-electron chi connectivity index (χ4n) is 2.36. The maximum absolute atomic E-state index is 11.4. The van der Waals surface area contributed by atoms with Gasteiger partial charge in [0.15, 0.2) is 5.78 Å². The molecule has 0 aliphatic heterocycles. The summed E-state index contributed by atoms with van der Waals surface area (Å²) in [6, 6.07) is 16.5. The number of benzene rings is 2. The average Bonchev–Trinajstić information content (AvgIpc) is 2.67. The smallest absolute Gasteiger partial charge is 0.158 e. The highest BCUT2D eigenvalue weighted by Crippen LogP contribution is 2.08. The third kappa shape index (κ3) is 12.2. The standard InChI is InChI=1S/C13H18O.C13H16O.2CH4/c2*1-10(2)13(14)9-8-12-6-4-11(3)5-7-12;;/h4-7,10H,8-9H2,1-3H3;4-10H,1-3H3;2*1H4/b;9-8+;;. The third-order valence-electron chi connectivity index (χ3n) is 4.51. The molecule has 0 atom stereocenters. The molecular weight excluding hydrogens is 368 g/mol. The molecule has 2 heteroatoms. The second kappa shape index (κ2) is 15.4. The van der Waals surface area contributed by atoms with Crippen LogP contribution in [-0.4, -0.2) is 11.6 Å². The number of allylic oxidation sites excluding steroid dienone is 1. The van der Waals surface area contributed by atoms with Crippen LogP contribution in [0.2, 0.25) is 0 Å². The molecular formula is C28H42O2. The molecule has 0 aliphatic rings. The minimum atomic E-state index is 0. The first-order chi connectivity index (χ1) is 13.2. The number of Topliss-reactive ketones (excluding diaryl/α,β-unsaturated/α-hetero) is 1. The molecule has 0 amide bonds. The summed E-state index contributed by atoms with van der Waals surface area (Å²) in [5.41, 5.74) is 4.83. The van der Waals surface area contributed by atoms with Crippen LogP contribution < -0.4 is 0 Å². The predicted molar refractivity (Wildman–Crippen MR) is 133 cm³/mol. The molecule has 0 heterocycles. The number of rotatable bonds is 7. The van der Waals surface area contributed by atoms with E-state index in [4.69, 9.17) is 0 Å². The van der Waals surface area contributed by atoms with Crippen LogP contribution in [0.1, 0.15) is 71.2 Å². The summed E-state index contributed by atoms with van der Waals surface area (Å²) in [5.74, 6) is 0.772. The molecule has 0 aliphatic carbocycles. The van der Waals surface area contributed by atoms with Crippen LogP contribution in [0.25, 0.3) is 6.08 Å². The van der Waals surface area contributed by atoms with E-state index in [1.807, 2.05) is 65.0 Å². The molecule has 0 radical (unpaired) electrons. The maximum Gasteiger partial charge on any atom is 0.158 e. The van der Waals surface area contributed by atoms with Gasteiger partial charge in [-0.3, -0.25) is 9.59 Å². The fourth-order valence-corrected chi connectivity index (χ4v) is 2.36. The number of hydrogen-bond acceptors (Lipinski definition) is 2. The van der Waals surface area contributed by atoms with Crippen molar-refractivity contribution in [2.45, 2.75) is 69.2 Å². The third-order valence-corrected chi connectivity index (χ3v) is 4.51. The molecule has 0 N–H and O–H groups in total. The van der Waals surface area contributed by atoms with Gasteiger partial charge in [-0.1, -0.05) is 108 Å². The Morgan fingerprint density at radius 2 is 1.23 bits per heavy atom. The van der Waals surface area contributed by atoms with E-state index in [-0.39, 0.29) is 32.5 Å². The molecule has 30 heavy (non-hydrogen) atoms. The molecule has 0 aromatic heterocycles. The first kappa shape index (κ1) is 29.7. The lowest BCUT2D eigenvalue weighted by molar-refractivity contribution is -0.121. The van der Waals surface area contributed by atoms with E-state index in [2.05, 4.69) is 31.2 Å². The Kier molecular flexibility index (Phi) is 15.2. The lowest BCUT2D eigenvalue weighted by Gasteiger charge is -2.04. The van der Waals surface area contributed by atoms with Crippen LogP contribution in [0, 0.1) is 25.7 Å². The Bertz CT molecular complexity index is 763. The van der Waals surface area contributed by atoms with Gasteiger partial charge in [0.1, 0.15) is 5.78 Å². The Labute approximate surface area is 185 Å². The van der Waals surface area contributed by atoms with Gasteiger partial charge < -0.3 is 0 Å². The molecule has 0 spiro atoms. The predicted octanol–water partition coefficient (Wildman–Crippen LogP) is 7.66. The van der Waals surface area contributed by atoms with Gasteiger partial charge in [-0.15, -0.1) is 0 Å². The van der Waals surface area contributed by atoms with E-state index in [1.54, 1.807) is 6.08 Å². The summed E-state index contributed by atoms with van der Waals surface area (Å²) in [4.78, 5) is 22.7. The lowest BCUT2D eigenvalue weighted by Crippen LogP contribution is -2.07. The van der Waals surface area contributed by atoms with Gasteiger partial charge in [0.05, 0.1) is 0 Å². The van der Waals surface area contributed by atoms with Crippen molar-refractivity contribution < 1.29 is 9.59 Å². The summed E-state index contributed by atoms with van der Waals surface area (Å²) >= 11 is 0. The molecule has 0 bridgehead atoms. The first-order valence-electron chi connectivity index (χ1n) is 10.1. The van der Waals surface area contributed by atoms with Crippen molar-refractivity contribution in [2.75, 3.05) is 0 Å². The van der Waals surface area contributed by atoms with Gasteiger partial charge in [-0.25, -0.2) is 0 Å². The van der Waals surface area contributed by atoms with E-state index in [9.17, 15) is 9.59 Å². The van der Waals surface area contributed by atoms with Gasteiger partial charge in [0, 0.05) is 18.3 Å². The van der Waals surface area contributed by atoms with Crippen molar-refractivity contribution in [3.05, 3.63) is 76.9 Å². The second-order valence-electron chi connectivity index (χ2n) is 7.91. The summed E-state index contributed by atoms with van der Waals surface area (Å²) in [6.07, 6.45) is 5.05. The number of ketones is 2. The zero-order chi connectivity index (χ0) is 21.1. The van der Waals surface area contributed by atoms with Crippen LogP contribution in [0.4, 0.5) is 0 Å². The van der Waals surface area contributed by atoms with Crippen LogP contribution in [0.15, 0.2) is 54.6 Å². The summed E-state index contributed by atoms with van der Waals surface area (Å²) in [5, 5.41) is 0. The van der Waals surface area contributed by atoms with Gasteiger partial charge in [0.25, 0.3) is 0 Å². The van der Waals surface area contributed by atoms with Crippen molar-refractivity contribution in [3.63, 3.8) is 0 Å². The minimum absolute atomic E-state index is 0. The largest absolute Gasteiger partial charge is 0.299 e. The van der Waals surface area contributed by atoms with Crippen LogP contribution in [0.3, 0.4) is 0 Å². The molecule has 0 saturated carbocycles. The summed E-state index contributed by atoms with van der Waals surface area (Å²) in [7, 11) is 0. The Hall–Kier alpha value is -2.48. The normalized spacial score (nSPS) is 10.1. The van der Waals surface area contributed by atoms with Crippen molar-refractivity contribution in [1.29, 1.82) is 0 Å². The van der Waals surface area contributed by atoms with Crippen LogP contribution in [0.5, 0.6) is 0 Å². The first-order valence-corrected chi connectivity index (χ1v) is 10.1. The Balaban J connectivity index is 0. The van der Waals surface area contributed by atoms with E-state index < -0.39 is 0 Å². The molecule has 166 valence electrons. The number of aryl methyl sites for hydroxylation is 3. The molecule has 0 saturated heterocycles. The van der Waals surface area contributed by atoms with Gasteiger partial charge in [0.2, 0.25) is 0 Å². The molecule has 2 rings (SSSR count). The quantitative estimate of drug-likeness (QED) is 0.439. The van der Waals surface area contributed by atoms with Crippen LogP contribution >= 0.6 is 0 Å². The fraction of sp³-hybridized carbons (Fsp3) is 0.429. The maximum atomic E-state index is 11.4. The summed E-state index contributed by atoms with van der Waals surface area (Å²) in [6.45, 7) is 11.8. The molecule has 2 aromatic rings. The van der Waals surface area contributed by atoms with E-state index in [1.165, 1.54) is 16.7 Å². The van der Waals surface area contributed by atoms with Crippen LogP contribution in [-0.2, 0) is 16.0 Å². The highest BCUT2D eigenvalue weighted by molar-refractivity contribution is 5.94. The SMILES string of the molecule is C.C.Cc1ccc(/C=C/C(=O)C(C)C)cc1.Cc1ccc(CCC(=O)C(C)C)cc1.